The van der Waals surface area contributed by atoms with Gasteiger partial charge in [-0.25, -0.2) is 4.98 Å². The second-order valence-electron chi connectivity index (χ2n) is 5.26. The molecule has 1 heterocycles. The van der Waals surface area contributed by atoms with E-state index in [4.69, 9.17) is 9.47 Å². The summed E-state index contributed by atoms with van der Waals surface area (Å²) in [4.78, 5) is 4.15. The SMILES string of the molecule is COc1cc([C@@H](C)O)ccc1OCc1cncn1C(C)C. The van der Waals surface area contributed by atoms with Crippen LogP contribution in [-0.4, -0.2) is 21.8 Å². The Bertz CT molecular complexity index is 591. The summed E-state index contributed by atoms with van der Waals surface area (Å²) in [6, 6.07) is 5.78. The monoisotopic (exact) mass is 290 g/mol. The van der Waals surface area contributed by atoms with Crippen LogP contribution in [0.1, 0.15) is 44.2 Å². The Kier molecular flexibility index (Phi) is 4.85. The number of aliphatic hydroxyl groups is 1. The quantitative estimate of drug-likeness (QED) is 0.888. The molecule has 1 atom stereocenters. The molecule has 0 amide bonds. The predicted octanol–water partition coefficient (Wildman–Crippen LogP) is 3.10. The highest BCUT2D eigenvalue weighted by Crippen LogP contribution is 2.31. The number of methoxy groups -OCH3 is 1. The summed E-state index contributed by atoms with van der Waals surface area (Å²) >= 11 is 0. The van der Waals surface area contributed by atoms with Crippen molar-refractivity contribution >= 4 is 0 Å². The highest BCUT2D eigenvalue weighted by Gasteiger charge is 2.11. The van der Waals surface area contributed by atoms with Gasteiger partial charge in [-0.15, -0.1) is 0 Å². The fourth-order valence-corrected chi connectivity index (χ4v) is 2.12. The summed E-state index contributed by atoms with van der Waals surface area (Å²) in [5, 5.41) is 9.60. The van der Waals surface area contributed by atoms with Crippen molar-refractivity contribution in [2.24, 2.45) is 0 Å². The molecule has 2 aromatic rings. The van der Waals surface area contributed by atoms with Crippen LogP contribution in [0.15, 0.2) is 30.7 Å². The van der Waals surface area contributed by atoms with Gasteiger partial charge in [0.15, 0.2) is 11.5 Å². The first-order chi connectivity index (χ1) is 10.0. The fraction of sp³-hybridized carbons (Fsp3) is 0.438. The number of ether oxygens (including phenoxy) is 2. The smallest absolute Gasteiger partial charge is 0.161 e. The van der Waals surface area contributed by atoms with Crippen molar-refractivity contribution < 1.29 is 14.6 Å². The van der Waals surface area contributed by atoms with Crippen LogP contribution in [0.4, 0.5) is 0 Å². The number of imidazole rings is 1. The van der Waals surface area contributed by atoms with E-state index in [9.17, 15) is 5.11 Å². The van der Waals surface area contributed by atoms with Crippen molar-refractivity contribution in [3.05, 3.63) is 42.0 Å². The zero-order valence-electron chi connectivity index (χ0n) is 12.9. The van der Waals surface area contributed by atoms with Crippen molar-refractivity contribution in [3.63, 3.8) is 0 Å². The number of hydrogen-bond donors (Lipinski definition) is 1. The van der Waals surface area contributed by atoms with Crippen LogP contribution in [0.2, 0.25) is 0 Å². The van der Waals surface area contributed by atoms with Gasteiger partial charge in [0, 0.05) is 6.04 Å². The molecule has 1 aromatic carbocycles. The third-order valence-electron chi connectivity index (χ3n) is 3.35. The predicted molar refractivity (Wildman–Crippen MR) is 80.6 cm³/mol. The number of benzene rings is 1. The van der Waals surface area contributed by atoms with Gasteiger partial charge in [0.05, 0.1) is 31.4 Å². The summed E-state index contributed by atoms with van der Waals surface area (Å²) in [5.41, 5.74) is 1.80. The number of aliphatic hydroxyl groups excluding tert-OH is 1. The molecule has 0 fully saturated rings. The minimum absolute atomic E-state index is 0.339. The second-order valence-corrected chi connectivity index (χ2v) is 5.26. The van der Waals surface area contributed by atoms with Crippen LogP contribution < -0.4 is 9.47 Å². The molecule has 0 aliphatic heterocycles. The van der Waals surface area contributed by atoms with Crippen molar-refractivity contribution in [3.8, 4) is 11.5 Å². The topological polar surface area (TPSA) is 56.5 Å². The Morgan fingerprint density at radius 3 is 2.62 bits per heavy atom. The maximum Gasteiger partial charge on any atom is 0.161 e. The minimum Gasteiger partial charge on any atom is -0.493 e. The van der Waals surface area contributed by atoms with Crippen molar-refractivity contribution in [1.29, 1.82) is 0 Å². The Balaban J connectivity index is 2.14. The van der Waals surface area contributed by atoms with Gasteiger partial charge in [-0.05, 0) is 38.5 Å². The number of hydrogen-bond acceptors (Lipinski definition) is 4. The lowest BCUT2D eigenvalue weighted by Gasteiger charge is -2.15. The lowest BCUT2D eigenvalue weighted by molar-refractivity contribution is 0.198. The maximum atomic E-state index is 9.60. The van der Waals surface area contributed by atoms with Crippen LogP contribution in [0.25, 0.3) is 0 Å². The largest absolute Gasteiger partial charge is 0.493 e. The number of nitrogens with zero attached hydrogens (tertiary/aromatic N) is 2. The third-order valence-corrected chi connectivity index (χ3v) is 3.35. The van der Waals surface area contributed by atoms with Gasteiger partial charge < -0.3 is 19.1 Å². The van der Waals surface area contributed by atoms with E-state index < -0.39 is 6.10 Å². The minimum atomic E-state index is -0.532. The molecular formula is C16H22N2O3. The lowest BCUT2D eigenvalue weighted by atomic mass is 10.1. The molecule has 0 spiro atoms. The Morgan fingerprint density at radius 2 is 2.00 bits per heavy atom. The first-order valence-corrected chi connectivity index (χ1v) is 7.02. The molecule has 0 saturated carbocycles. The second kappa shape index (κ2) is 6.63. The van der Waals surface area contributed by atoms with Crippen molar-refractivity contribution in [2.45, 2.75) is 39.5 Å². The molecule has 0 saturated heterocycles. The summed E-state index contributed by atoms with van der Waals surface area (Å²) < 4.78 is 13.2. The highest BCUT2D eigenvalue weighted by molar-refractivity contribution is 5.43. The first-order valence-electron chi connectivity index (χ1n) is 7.02. The molecule has 0 bridgehead atoms. The van der Waals surface area contributed by atoms with Crippen molar-refractivity contribution in [2.75, 3.05) is 7.11 Å². The van der Waals surface area contributed by atoms with Crippen LogP contribution in [-0.2, 0) is 6.61 Å². The van der Waals surface area contributed by atoms with Crippen LogP contribution in [0, 0.1) is 0 Å². The Morgan fingerprint density at radius 1 is 1.24 bits per heavy atom. The van der Waals surface area contributed by atoms with Gasteiger partial charge >= 0.3 is 0 Å². The molecule has 0 aliphatic rings. The van der Waals surface area contributed by atoms with E-state index in [-0.39, 0.29) is 0 Å². The molecule has 0 unspecified atom stereocenters. The summed E-state index contributed by atoms with van der Waals surface area (Å²) in [5.74, 6) is 1.27. The molecule has 21 heavy (non-hydrogen) atoms. The lowest BCUT2D eigenvalue weighted by Crippen LogP contribution is -2.07. The van der Waals surface area contributed by atoms with E-state index in [0.717, 1.165) is 11.3 Å². The molecule has 2 rings (SSSR count). The zero-order valence-corrected chi connectivity index (χ0v) is 12.9. The van der Waals surface area contributed by atoms with E-state index in [2.05, 4.69) is 23.4 Å². The average Bonchev–Trinajstić information content (AvgIpc) is 2.93. The van der Waals surface area contributed by atoms with E-state index in [1.54, 1.807) is 32.6 Å². The number of aromatic nitrogens is 2. The van der Waals surface area contributed by atoms with E-state index in [0.29, 0.717) is 24.1 Å². The molecular weight excluding hydrogens is 268 g/mol. The summed E-state index contributed by atoms with van der Waals surface area (Å²) in [7, 11) is 1.59. The van der Waals surface area contributed by atoms with Gasteiger partial charge in [0.2, 0.25) is 0 Å². The average molecular weight is 290 g/mol. The molecule has 114 valence electrons. The third kappa shape index (κ3) is 3.55. The van der Waals surface area contributed by atoms with Crippen LogP contribution in [0.5, 0.6) is 11.5 Å². The molecule has 1 N–H and O–H groups in total. The maximum absolute atomic E-state index is 9.60. The highest BCUT2D eigenvalue weighted by atomic mass is 16.5. The standard InChI is InChI=1S/C16H22N2O3/c1-11(2)18-10-17-8-14(18)9-21-15-6-5-13(12(3)19)7-16(15)20-4/h5-8,10-12,19H,9H2,1-4H3/t12-/m1/s1. The molecule has 0 radical (unpaired) electrons. The van der Waals surface area contributed by atoms with Gasteiger partial charge in [-0.1, -0.05) is 6.07 Å². The number of rotatable bonds is 6. The zero-order chi connectivity index (χ0) is 15.4. The van der Waals surface area contributed by atoms with Crippen molar-refractivity contribution in [1.82, 2.24) is 9.55 Å². The first kappa shape index (κ1) is 15.4. The normalized spacial score (nSPS) is 12.5. The molecule has 5 nitrogen and oxygen atoms in total. The Labute approximate surface area is 125 Å². The van der Waals surface area contributed by atoms with E-state index >= 15 is 0 Å². The molecule has 5 heteroatoms. The molecule has 1 aromatic heterocycles. The van der Waals surface area contributed by atoms with Crippen LogP contribution >= 0.6 is 0 Å². The molecule has 0 aliphatic carbocycles. The summed E-state index contributed by atoms with van der Waals surface area (Å²) in [6.45, 7) is 6.34. The van der Waals surface area contributed by atoms with E-state index in [1.165, 1.54) is 0 Å². The van der Waals surface area contributed by atoms with Gasteiger partial charge in [-0.2, -0.15) is 0 Å². The summed E-state index contributed by atoms with van der Waals surface area (Å²) in [6.07, 6.45) is 3.07. The fourth-order valence-electron chi connectivity index (χ4n) is 2.12. The van der Waals surface area contributed by atoms with Gasteiger partial charge in [-0.3, -0.25) is 0 Å². The Hall–Kier alpha value is -2.01. The van der Waals surface area contributed by atoms with Gasteiger partial charge in [0.1, 0.15) is 6.61 Å². The van der Waals surface area contributed by atoms with E-state index in [1.807, 2.05) is 12.1 Å². The van der Waals surface area contributed by atoms with Gasteiger partial charge in [0.25, 0.3) is 0 Å². The van der Waals surface area contributed by atoms with Crippen LogP contribution in [0.3, 0.4) is 0 Å².